The number of ether oxygens (including phenoxy) is 2. The van der Waals surface area contributed by atoms with Gasteiger partial charge in [-0.2, -0.15) is 0 Å². The Morgan fingerprint density at radius 3 is 2.64 bits per heavy atom. The molecule has 1 unspecified atom stereocenters. The number of carbonyl (C=O) groups is 1. The van der Waals surface area contributed by atoms with Gasteiger partial charge in [-0.1, -0.05) is 6.58 Å². The molecule has 0 radical (unpaired) electrons. The normalized spacial score (nSPS) is 12.2. The Balaban J connectivity index is 3.37. The highest BCUT2D eigenvalue weighted by Crippen LogP contribution is 2.02. The van der Waals surface area contributed by atoms with E-state index in [-0.39, 0.29) is 12.1 Å². The van der Waals surface area contributed by atoms with E-state index in [9.17, 15) is 4.79 Å². The Morgan fingerprint density at radius 1 is 1.50 bits per heavy atom. The summed E-state index contributed by atoms with van der Waals surface area (Å²) in [6, 6.07) is 0. The Bertz CT molecular complexity index is 187. The molecule has 1 atom stereocenters. The lowest BCUT2D eigenvalue weighted by atomic mass is 10.2. The van der Waals surface area contributed by atoms with Crippen molar-refractivity contribution >= 4 is 5.97 Å². The summed E-state index contributed by atoms with van der Waals surface area (Å²) in [4.78, 5) is 11.0. The zero-order chi connectivity index (χ0) is 11.0. The highest BCUT2D eigenvalue weighted by atomic mass is 16.5. The Labute approximate surface area is 86.1 Å². The fourth-order valence-electron chi connectivity index (χ4n) is 1.03. The van der Waals surface area contributed by atoms with Crippen LogP contribution in [0.15, 0.2) is 12.2 Å². The summed E-state index contributed by atoms with van der Waals surface area (Å²) in [7, 11) is 0. The molecule has 0 rings (SSSR count). The molecule has 0 N–H and O–H groups in total. The van der Waals surface area contributed by atoms with E-state index >= 15 is 0 Å². The lowest BCUT2D eigenvalue weighted by molar-refractivity contribution is -0.139. The largest absolute Gasteiger partial charge is 0.462 e. The van der Waals surface area contributed by atoms with Crippen molar-refractivity contribution in [2.45, 2.75) is 39.7 Å². The highest BCUT2D eigenvalue weighted by Gasteiger charge is 2.04. The molecule has 0 bridgehead atoms. The number of hydrogen-bond donors (Lipinski definition) is 0. The van der Waals surface area contributed by atoms with E-state index < -0.39 is 0 Å². The number of hydrogen-bond acceptors (Lipinski definition) is 3. The lowest BCUT2D eigenvalue weighted by Gasteiger charge is -2.11. The lowest BCUT2D eigenvalue weighted by Crippen LogP contribution is -2.11. The van der Waals surface area contributed by atoms with Gasteiger partial charge in [0, 0.05) is 12.2 Å². The number of esters is 1. The maximum atomic E-state index is 11.0. The van der Waals surface area contributed by atoms with Crippen LogP contribution in [-0.2, 0) is 14.3 Å². The van der Waals surface area contributed by atoms with Crippen LogP contribution in [0.4, 0.5) is 0 Å². The highest BCUT2D eigenvalue weighted by molar-refractivity contribution is 5.86. The van der Waals surface area contributed by atoms with E-state index in [1.807, 2.05) is 13.8 Å². The standard InChI is InChI=1S/C11H20O3/c1-5-13-10(4)7-6-8-14-11(12)9(2)3/h10H,2,5-8H2,1,3-4H3. The van der Waals surface area contributed by atoms with Crippen molar-refractivity contribution < 1.29 is 14.3 Å². The Morgan fingerprint density at radius 2 is 2.14 bits per heavy atom. The molecule has 0 aliphatic rings. The van der Waals surface area contributed by atoms with Gasteiger partial charge in [0.1, 0.15) is 0 Å². The van der Waals surface area contributed by atoms with Crippen LogP contribution >= 0.6 is 0 Å². The van der Waals surface area contributed by atoms with Gasteiger partial charge >= 0.3 is 5.97 Å². The third kappa shape index (κ3) is 6.66. The Hall–Kier alpha value is -0.830. The maximum absolute atomic E-state index is 11.0. The molecule has 0 fully saturated rings. The summed E-state index contributed by atoms with van der Waals surface area (Å²) < 4.78 is 10.3. The van der Waals surface area contributed by atoms with Crippen LogP contribution < -0.4 is 0 Å². The third-order valence-corrected chi connectivity index (χ3v) is 1.79. The molecule has 3 nitrogen and oxygen atoms in total. The van der Waals surface area contributed by atoms with E-state index in [2.05, 4.69) is 6.58 Å². The molecule has 0 aromatic carbocycles. The zero-order valence-corrected chi connectivity index (χ0v) is 9.34. The van der Waals surface area contributed by atoms with Crippen molar-refractivity contribution in [3.63, 3.8) is 0 Å². The summed E-state index contributed by atoms with van der Waals surface area (Å²) in [6.07, 6.45) is 1.99. The number of rotatable bonds is 7. The molecule has 0 amide bonds. The third-order valence-electron chi connectivity index (χ3n) is 1.79. The quantitative estimate of drug-likeness (QED) is 0.359. The van der Waals surface area contributed by atoms with Gasteiger partial charge in [-0.3, -0.25) is 0 Å². The summed E-state index contributed by atoms with van der Waals surface area (Å²) in [5.74, 6) is -0.311. The second-order valence-electron chi connectivity index (χ2n) is 3.32. The van der Waals surface area contributed by atoms with Crippen LogP contribution in [0.3, 0.4) is 0 Å². The minimum atomic E-state index is -0.311. The molecule has 0 aliphatic heterocycles. The molecule has 0 aromatic rings. The first-order valence-electron chi connectivity index (χ1n) is 5.02. The summed E-state index contributed by atoms with van der Waals surface area (Å²) in [6.45, 7) is 10.3. The zero-order valence-electron chi connectivity index (χ0n) is 9.34. The molecule has 0 spiro atoms. The molecule has 82 valence electrons. The fraction of sp³-hybridized carbons (Fsp3) is 0.727. The molecular weight excluding hydrogens is 180 g/mol. The molecule has 14 heavy (non-hydrogen) atoms. The molecule has 0 heterocycles. The molecule has 0 saturated carbocycles. The first kappa shape index (κ1) is 13.2. The van der Waals surface area contributed by atoms with Gasteiger partial charge in [-0.25, -0.2) is 4.79 Å². The van der Waals surface area contributed by atoms with Crippen LogP contribution in [0.2, 0.25) is 0 Å². The summed E-state index contributed by atoms with van der Waals surface area (Å²) >= 11 is 0. The van der Waals surface area contributed by atoms with Crippen molar-refractivity contribution in [3.8, 4) is 0 Å². The topological polar surface area (TPSA) is 35.5 Å². The van der Waals surface area contributed by atoms with Crippen LogP contribution in [0, 0.1) is 0 Å². The van der Waals surface area contributed by atoms with Gasteiger partial charge in [0.2, 0.25) is 0 Å². The van der Waals surface area contributed by atoms with E-state index in [4.69, 9.17) is 9.47 Å². The first-order chi connectivity index (χ1) is 6.57. The SMILES string of the molecule is C=C(C)C(=O)OCCCC(C)OCC. The van der Waals surface area contributed by atoms with E-state index in [1.165, 1.54) is 0 Å². The summed E-state index contributed by atoms with van der Waals surface area (Å²) in [5.41, 5.74) is 0.447. The van der Waals surface area contributed by atoms with Gasteiger partial charge < -0.3 is 9.47 Å². The Kier molecular flexibility index (Phi) is 7.11. The summed E-state index contributed by atoms with van der Waals surface area (Å²) in [5, 5.41) is 0. The molecule has 0 aromatic heterocycles. The van der Waals surface area contributed by atoms with Crippen LogP contribution in [-0.4, -0.2) is 25.3 Å². The predicted octanol–water partition coefficient (Wildman–Crippen LogP) is 2.31. The number of carbonyl (C=O) groups excluding carboxylic acids is 1. The van der Waals surface area contributed by atoms with Gasteiger partial charge in [0.05, 0.1) is 12.7 Å². The van der Waals surface area contributed by atoms with Crippen LogP contribution in [0.1, 0.15) is 33.6 Å². The average molecular weight is 200 g/mol. The van der Waals surface area contributed by atoms with E-state index in [1.54, 1.807) is 6.92 Å². The molecule has 3 heteroatoms. The van der Waals surface area contributed by atoms with Crippen molar-refractivity contribution in [1.29, 1.82) is 0 Å². The van der Waals surface area contributed by atoms with Crippen LogP contribution in [0.5, 0.6) is 0 Å². The molecule has 0 saturated heterocycles. The second kappa shape index (κ2) is 7.56. The van der Waals surface area contributed by atoms with Crippen molar-refractivity contribution in [2.75, 3.05) is 13.2 Å². The second-order valence-corrected chi connectivity index (χ2v) is 3.32. The van der Waals surface area contributed by atoms with Gasteiger partial charge in [-0.15, -0.1) is 0 Å². The smallest absolute Gasteiger partial charge is 0.333 e. The maximum Gasteiger partial charge on any atom is 0.333 e. The average Bonchev–Trinajstić information content (AvgIpc) is 2.12. The van der Waals surface area contributed by atoms with Crippen molar-refractivity contribution in [1.82, 2.24) is 0 Å². The fourth-order valence-corrected chi connectivity index (χ4v) is 1.03. The monoisotopic (exact) mass is 200 g/mol. The van der Waals surface area contributed by atoms with E-state index in [0.717, 1.165) is 19.4 Å². The molecular formula is C11H20O3. The van der Waals surface area contributed by atoms with Gasteiger partial charge in [0.15, 0.2) is 0 Å². The van der Waals surface area contributed by atoms with E-state index in [0.29, 0.717) is 12.2 Å². The first-order valence-corrected chi connectivity index (χ1v) is 5.02. The minimum absolute atomic E-state index is 0.239. The molecule has 0 aliphatic carbocycles. The van der Waals surface area contributed by atoms with Crippen molar-refractivity contribution in [2.24, 2.45) is 0 Å². The predicted molar refractivity (Wildman–Crippen MR) is 56.1 cm³/mol. The van der Waals surface area contributed by atoms with Crippen LogP contribution in [0.25, 0.3) is 0 Å². The van der Waals surface area contributed by atoms with Crippen molar-refractivity contribution in [3.05, 3.63) is 12.2 Å². The minimum Gasteiger partial charge on any atom is -0.462 e. The van der Waals surface area contributed by atoms with Gasteiger partial charge in [0.25, 0.3) is 0 Å². The van der Waals surface area contributed by atoms with Gasteiger partial charge in [-0.05, 0) is 33.6 Å².